The zero-order chi connectivity index (χ0) is 8.15. The Kier molecular flexibility index (Phi) is 3.47. The van der Waals surface area contributed by atoms with Gasteiger partial charge in [0.15, 0.2) is 0 Å². The fourth-order valence-electron chi connectivity index (χ4n) is 0.603. The Labute approximate surface area is 61.2 Å². The van der Waals surface area contributed by atoms with Gasteiger partial charge in [-0.15, -0.1) is 0 Å². The van der Waals surface area contributed by atoms with Gasteiger partial charge in [0, 0.05) is 6.92 Å². The molecule has 0 aromatic heterocycles. The number of carbonyl (C=O) groups is 1. The van der Waals surface area contributed by atoms with Crippen molar-refractivity contribution in [2.75, 3.05) is 0 Å². The fourth-order valence-corrected chi connectivity index (χ4v) is 0.603. The van der Waals surface area contributed by atoms with Crippen LogP contribution in [0.2, 0.25) is 0 Å². The minimum absolute atomic E-state index is 0.296. The van der Waals surface area contributed by atoms with E-state index in [2.05, 4.69) is 6.58 Å². The van der Waals surface area contributed by atoms with Gasteiger partial charge in [-0.05, 0) is 19.9 Å². The minimum atomic E-state index is -0.296. The Hall–Kier alpha value is -1.05. The van der Waals surface area contributed by atoms with Crippen molar-refractivity contribution in [2.24, 2.45) is 0 Å². The summed E-state index contributed by atoms with van der Waals surface area (Å²) in [5, 5.41) is 0. The zero-order valence-electron chi connectivity index (χ0n) is 6.60. The maximum atomic E-state index is 10.3. The zero-order valence-corrected chi connectivity index (χ0v) is 6.60. The predicted molar refractivity (Wildman–Crippen MR) is 40.3 cm³/mol. The van der Waals surface area contributed by atoms with Crippen molar-refractivity contribution < 1.29 is 9.53 Å². The topological polar surface area (TPSA) is 26.3 Å². The van der Waals surface area contributed by atoms with Crippen molar-refractivity contribution in [2.45, 2.75) is 20.8 Å². The molecule has 0 bridgehead atoms. The highest BCUT2D eigenvalue weighted by Crippen LogP contribution is 2.00. The molecule has 2 nitrogen and oxygen atoms in total. The highest BCUT2D eigenvalue weighted by molar-refractivity contribution is 5.67. The Morgan fingerprint density at radius 1 is 1.40 bits per heavy atom. The van der Waals surface area contributed by atoms with E-state index in [4.69, 9.17) is 4.74 Å². The lowest BCUT2D eigenvalue weighted by Crippen LogP contribution is -1.95. The van der Waals surface area contributed by atoms with E-state index in [0.29, 0.717) is 5.76 Å². The van der Waals surface area contributed by atoms with Crippen molar-refractivity contribution in [3.63, 3.8) is 0 Å². The van der Waals surface area contributed by atoms with Gasteiger partial charge < -0.3 is 4.74 Å². The van der Waals surface area contributed by atoms with Crippen LogP contribution in [-0.2, 0) is 9.53 Å². The summed E-state index contributed by atoms with van der Waals surface area (Å²) < 4.78 is 4.72. The Morgan fingerprint density at radius 3 is 2.20 bits per heavy atom. The third-order valence-corrected chi connectivity index (χ3v) is 0.754. The first kappa shape index (κ1) is 8.95. The SMILES string of the molecule is C=C(C)C=C(C)OC(C)=O. The van der Waals surface area contributed by atoms with E-state index in [1.807, 2.05) is 6.92 Å². The van der Waals surface area contributed by atoms with Crippen LogP contribution >= 0.6 is 0 Å². The van der Waals surface area contributed by atoms with Gasteiger partial charge in [-0.25, -0.2) is 0 Å². The summed E-state index contributed by atoms with van der Waals surface area (Å²) in [4.78, 5) is 10.3. The van der Waals surface area contributed by atoms with Gasteiger partial charge in [0.05, 0.1) is 0 Å². The van der Waals surface area contributed by atoms with Crippen molar-refractivity contribution in [1.82, 2.24) is 0 Å². The number of carbonyl (C=O) groups excluding carboxylic acids is 1. The summed E-state index contributed by atoms with van der Waals surface area (Å²) >= 11 is 0. The number of allylic oxidation sites excluding steroid dienone is 3. The second-order valence-electron chi connectivity index (χ2n) is 2.19. The van der Waals surface area contributed by atoms with Crippen LogP contribution in [0.3, 0.4) is 0 Å². The average Bonchev–Trinajstić information content (AvgIpc) is 1.58. The first-order chi connectivity index (χ1) is 4.52. The summed E-state index contributed by atoms with van der Waals surface area (Å²) in [5.74, 6) is 0.287. The number of hydrogen-bond acceptors (Lipinski definition) is 2. The quantitative estimate of drug-likeness (QED) is 0.333. The Morgan fingerprint density at radius 2 is 1.90 bits per heavy atom. The molecule has 0 amide bonds. The molecule has 0 saturated heterocycles. The third kappa shape index (κ3) is 5.09. The molecule has 0 atom stereocenters. The molecule has 0 spiro atoms. The molecule has 0 heterocycles. The smallest absolute Gasteiger partial charge is 0.307 e. The molecule has 0 rings (SSSR count). The first-order valence-electron chi connectivity index (χ1n) is 3.04. The van der Waals surface area contributed by atoms with Gasteiger partial charge in [-0.3, -0.25) is 4.79 Å². The van der Waals surface area contributed by atoms with Crippen LogP contribution in [0.4, 0.5) is 0 Å². The lowest BCUT2D eigenvalue weighted by atomic mass is 10.3. The van der Waals surface area contributed by atoms with E-state index < -0.39 is 0 Å². The van der Waals surface area contributed by atoms with Crippen LogP contribution < -0.4 is 0 Å². The van der Waals surface area contributed by atoms with E-state index in [0.717, 1.165) is 5.57 Å². The van der Waals surface area contributed by atoms with Gasteiger partial charge >= 0.3 is 5.97 Å². The number of esters is 1. The van der Waals surface area contributed by atoms with Gasteiger partial charge in [-0.1, -0.05) is 12.2 Å². The normalized spacial score (nSPS) is 10.9. The van der Waals surface area contributed by atoms with E-state index in [9.17, 15) is 4.79 Å². The largest absolute Gasteiger partial charge is 0.432 e. The highest BCUT2D eigenvalue weighted by atomic mass is 16.5. The van der Waals surface area contributed by atoms with Crippen LogP contribution in [0.15, 0.2) is 24.0 Å². The molecular weight excluding hydrogens is 128 g/mol. The fraction of sp³-hybridized carbons (Fsp3) is 0.375. The second-order valence-corrected chi connectivity index (χ2v) is 2.19. The maximum Gasteiger partial charge on any atom is 0.307 e. The van der Waals surface area contributed by atoms with Gasteiger partial charge in [0.1, 0.15) is 5.76 Å². The Bertz CT molecular complexity index is 178. The summed E-state index contributed by atoms with van der Waals surface area (Å²) in [7, 11) is 0. The molecule has 0 aliphatic carbocycles. The molecule has 0 aliphatic rings. The summed E-state index contributed by atoms with van der Waals surface area (Å²) in [5.41, 5.74) is 0.874. The van der Waals surface area contributed by atoms with E-state index in [1.54, 1.807) is 13.0 Å². The van der Waals surface area contributed by atoms with E-state index in [-0.39, 0.29) is 5.97 Å². The number of hydrogen-bond donors (Lipinski definition) is 0. The summed E-state index contributed by atoms with van der Waals surface area (Å²) in [6.07, 6.45) is 1.71. The van der Waals surface area contributed by atoms with Crippen molar-refractivity contribution in [3.05, 3.63) is 24.0 Å². The van der Waals surface area contributed by atoms with E-state index in [1.165, 1.54) is 6.92 Å². The van der Waals surface area contributed by atoms with Crippen molar-refractivity contribution in [3.8, 4) is 0 Å². The molecule has 56 valence electrons. The molecule has 0 fully saturated rings. The molecule has 0 saturated carbocycles. The van der Waals surface area contributed by atoms with Gasteiger partial charge in [-0.2, -0.15) is 0 Å². The predicted octanol–water partition coefficient (Wildman–Crippen LogP) is 2.03. The molecule has 0 radical (unpaired) electrons. The van der Waals surface area contributed by atoms with Crippen molar-refractivity contribution in [1.29, 1.82) is 0 Å². The van der Waals surface area contributed by atoms with Crippen LogP contribution in [0, 0.1) is 0 Å². The number of ether oxygens (including phenoxy) is 1. The molecule has 2 heteroatoms. The number of rotatable bonds is 2. The van der Waals surface area contributed by atoms with Gasteiger partial charge in [0.2, 0.25) is 0 Å². The lowest BCUT2D eigenvalue weighted by molar-refractivity contribution is -0.136. The van der Waals surface area contributed by atoms with Crippen LogP contribution in [-0.4, -0.2) is 5.97 Å². The summed E-state index contributed by atoms with van der Waals surface area (Å²) in [6.45, 7) is 8.56. The highest BCUT2D eigenvalue weighted by Gasteiger charge is 1.92. The molecule has 0 aromatic carbocycles. The van der Waals surface area contributed by atoms with E-state index >= 15 is 0 Å². The molecule has 0 unspecified atom stereocenters. The maximum absolute atomic E-state index is 10.3. The molecule has 0 aromatic rings. The average molecular weight is 140 g/mol. The molecule has 0 aliphatic heterocycles. The second kappa shape index (κ2) is 3.88. The first-order valence-corrected chi connectivity index (χ1v) is 3.04. The summed E-state index contributed by atoms with van der Waals surface area (Å²) in [6, 6.07) is 0. The van der Waals surface area contributed by atoms with Gasteiger partial charge in [0.25, 0.3) is 0 Å². The lowest BCUT2D eigenvalue weighted by Gasteiger charge is -1.98. The Balaban J connectivity index is 3.95. The molecule has 10 heavy (non-hydrogen) atoms. The van der Waals surface area contributed by atoms with Crippen LogP contribution in [0.25, 0.3) is 0 Å². The monoisotopic (exact) mass is 140 g/mol. The standard InChI is InChI=1S/C8H12O2/c1-6(2)5-7(3)10-8(4)9/h5H,1H2,2-4H3. The minimum Gasteiger partial charge on any atom is -0.432 e. The van der Waals surface area contributed by atoms with Crippen molar-refractivity contribution >= 4 is 5.97 Å². The third-order valence-electron chi connectivity index (χ3n) is 0.754. The van der Waals surface area contributed by atoms with Crippen LogP contribution in [0.5, 0.6) is 0 Å². The molecular formula is C8H12O2. The molecule has 0 N–H and O–H groups in total. The van der Waals surface area contributed by atoms with Crippen LogP contribution in [0.1, 0.15) is 20.8 Å².